The molecule has 0 aromatic carbocycles. The van der Waals surface area contributed by atoms with Crippen molar-refractivity contribution in [1.82, 2.24) is 15.3 Å². The summed E-state index contributed by atoms with van der Waals surface area (Å²) in [5, 5.41) is 2.81. The average Bonchev–Trinajstić information content (AvgIpc) is 2.58. The zero-order valence-corrected chi connectivity index (χ0v) is 16.6. The highest BCUT2D eigenvalue weighted by atomic mass is 19.4. The molecule has 156 valence electrons. The Bertz CT molecular complexity index is 914. The minimum atomic E-state index is -4.45. The van der Waals surface area contributed by atoms with Crippen LogP contribution in [0.2, 0.25) is 0 Å². The van der Waals surface area contributed by atoms with Crippen LogP contribution in [0.1, 0.15) is 52.8 Å². The third kappa shape index (κ3) is 6.85. The van der Waals surface area contributed by atoms with Gasteiger partial charge >= 0.3 is 6.18 Å². The molecule has 0 aliphatic rings. The van der Waals surface area contributed by atoms with E-state index in [1.165, 1.54) is 13.1 Å². The maximum absolute atomic E-state index is 12.6. The first-order valence-electron chi connectivity index (χ1n) is 8.88. The van der Waals surface area contributed by atoms with Crippen LogP contribution in [-0.4, -0.2) is 34.4 Å². The lowest BCUT2D eigenvalue weighted by molar-refractivity contribution is -0.154. The van der Waals surface area contributed by atoms with Crippen molar-refractivity contribution in [3.63, 3.8) is 0 Å². The van der Waals surface area contributed by atoms with Gasteiger partial charge in [0.15, 0.2) is 6.61 Å². The Morgan fingerprint density at radius 3 is 2.48 bits per heavy atom. The van der Waals surface area contributed by atoms with E-state index in [9.17, 15) is 22.8 Å². The Kier molecular flexibility index (Phi) is 6.94. The van der Waals surface area contributed by atoms with Gasteiger partial charge in [-0.3, -0.25) is 14.6 Å². The molecule has 29 heavy (non-hydrogen) atoms. The Balaban J connectivity index is 2.10. The molecule has 0 fully saturated rings. The van der Waals surface area contributed by atoms with Crippen LogP contribution in [-0.2, 0) is 11.2 Å². The summed E-state index contributed by atoms with van der Waals surface area (Å²) in [4.78, 5) is 32.1. The molecular formula is C20H22F3N3O3. The molecule has 9 heteroatoms. The summed E-state index contributed by atoms with van der Waals surface area (Å²) in [5.74, 6) is -0.525. The molecule has 0 aliphatic heterocycles. The molecule has 0 radical (unpaired) electrons. The number of carbonyl (C=O) groups excluding carboxylic acids is 2. The van der Waals surface area contributed by atoms with Gasteiger partial charge in [-0.2, -0.15) is 13.2 Å². The molecule has 1 amide bonds. The van der Waals surface area contributed by atoms with Crippen LogP contribution in [0, 0.1) is 13.8 Å². The summed E-state index contributed by atoms with van der Waals surface area (Å²) in [7, 11) is 0. The van der Waals surface area contributed by atoms with Crippen LogP contribution in [0.5, 0.6) is 5.88 Å². The van der Waals surface area contributed by atoms with Crippen LogP contribution >= 0.6 is 0 Å². The summed E-state index contributed by atoms with van der Waals surface area (Å²) >= 11 is 0. The van der Waals surface area contributed by atoms with E-state index in [4.69, 9.17) is 0 Å². The molecule has 2 aromatic heterocycles. The Morgan fingerprint density at radius 1 is 1.21 bits per heavy atom. The topological polar surface area (TPSA) is 81.2 Å². The van der Waals surface area contributed by atoms with E-state index in [0.29, 0.717) is 28.1 Å². The van der Waals surface area contributed by atoms with Crippen LogP contribution in [0.25, 0.3) is 0 Å². The molecule has 2 heterocycles. The van der Waals surface area contributed by atoms with Crippen molar-refractivity contribution in [3.8, 4) is 5.88 Å². The number of ketones is 1. The first-order valence-corrected chi connectivity index (χ1v) is 8.88. The molecular weight excluding hydrogens is 387 g/mol. The minimum Gasteiger partial charge on any atom is -0.468 e. The summed E-state index contributed by atoms with van der Waals surface area (Å²) in [6, 6.07) is 4.34. The van der Waals surface area contributed by atoms with Crippen LogP contribution in [0.4, 0.5) is 13.2 Å². The molecule has 6 nitrogen and oxygen atoms in total. The fraction of sp³-hybridized carbons (Fsp3) is 0.400. The van der Waals surface area contributed by atoms with Crippen molar-refractivity contribution in [1.29, 1.82) is 0 Å². The number of pyridine rings is 2. The number of nitrogens with zero attached hydrogens (tertiary/aromatic N) is 2. The van der Waals surface area contributed by atoms with Crippen molar-refractivity contribution in [2.24, 2.45) is 0 Å². The van der Waals surface area contributed by atoms with E-state index in [1.807, 2.05) is 0 Å². The first-order chi connectivity index (χ1) is 13.4. The fourth-order valence-electron chi connectivity index (χ4n) is 2.70. The summed E-state index contributed by atoms with van der Waals surface area (Å²) in [6.07, 6.45) is -2.94. The summed E-state index contributed by atoms with van der Waals surface area (Å²) < 4.78 is 41.6. The Labute approximate surface area is 166 Å². The lowest BCUT2D eigenvalue weighted by Gasteiger charge is -2.17. The lowest BCUT2D eigenvalue weighted by Crippen LogP contribution is -2.27. The van der Waals surface area contributed by atoms with Crippen molar-refractivity contribution in [2.45, 2.75) is 46.3 Å². The van der Waals surface area contributed by atoms with Gasteiger partial charge in [0, 0.05) is 35.1 Å². The maximum atomic E-state index is 12.6. The molecule has 1 N–H and O–H groups in total. The van der Waals surface area contributed by atoms with E-state index in [2.05, 4.69) is 20.0 Å². The number of hydrogen-bond acceptors (Lipinski definition) is 5. The molecule has 0 saturated heterocycles. The SMILES string of the molecule is CC(=O)Cc1cc(C(=O)NC(C)c2cnc(OCC(F)(F)F)c(C)c2)cc(C)n1. The number of amides is 1. The zero-order chi connectivity index (χ0) is 21.8. The molecule has 1 unspecified atom stereocenters. The van der Waals surface area contributed by atoms with Gasteiger partial charge < -0.3 is 10.1 Å². The number of aromatic nitrogens is 2. The average molecular weight is 409 g/mol. The standard InChI is InChI=1S/C20H22F3N3O3/c1-11-5-16(9-24-19(11)29-10-20(21,22)23)14(4)26-18(28)15-6-12(2)25-17(8-15)7-13(3)27/h5-6,8-9,14H,7,10H2,1-4H3,(H,26,28). The van der Waals surface area contributed by atoms with E-state index in [0.717, 1.165) is 0 Å². The van der Waals surface area contributed by atoms with Crippen molar-refractivity contribution in [2.75, 3.05) is 6.61 Å². The number of alkyl halides is 3. The number of Topliss-reactive ketones (excluding diaryl/α,β-unsaturated/α-hetero) is 1. The predicted molar refractivity (Wildman–Crippen MR) is 99.8 cm³/mol. The zero-order valence-electron chi connectivity index (χ0n) is 16.6. The number of rotatable bonds is 7. The number of aryl methyl sites for hydroxylation is 2. The quantitative estimate of drug-likeness (QED) is 0.755. The van der Waals surface area contributed by atoms with Crippen molar-refractivity contribution in [3.05, 3.63) is 52.5 Å². The highest BCUT2D eigenvalue weighted by Crippen LogP contribution is 2.23. The van der Waals surface area contributed by atoms with E-state index in [1.54, 1.807) is 39.0 Å². The largest absolute Gasteiger partial charge is 0.468 e. The predicted octanol–water partition coefficient (Wildman–Crippen LogP) is 3.66. The Morgan fingerprint density at radius 2 is 1.90 bits per heavy atom. The highest BCUT2D eigenvalue weighted by molar-refractivity contribution is 5.94. The molecule has 0 bridgehead atoms. The molecule has 2 rings (SSSR count). The first kappa shape index (κ1) is 22.3. The number of nitrogens with one attached hydrogen (secondary N) is 1. The third-order valence-electron chi connectivity index (χ3n) is 3.97. The number of ether oxygens (including phenoxy) is 1. The van der Waals surface area contributed by atoms with Crippen molar-refractivity contribution < 1.29 is 27.5 Å². The highest BCUT2D eigenvalue weighted by Gasteiger charge is 2.29. The van der Waals surface area contributed by atoms with Gasteiger partial charge in [0.05, 0.1) is 6.04 Å². The maximum Gasteiger partial charge on any atom is 0.422 e. The van der Waals surface area contributed by atoms with Gasteiger partial charge in [-0.1, -0.05) is 0 Å². The van der Waals surface area contributed by atoms with Crippen molar-refractivity contribution >= 4 is 11.7 Å². The minimum absolute atomic E-state index is 0.0581. The second-order valence-corrected chi connectivity index (χ2v) is 6.86. The van der Waals surface area contributed by atoms with E-state index in [-0.39, 0.29) is 24.0 Å². The van der Waals surface area contributed by atoms with Gasteiger partial charge in [-0.25, -0.2) is 4.98 Å². The van der Waals surface area contributed by atoms with E-state index >= 15 is 0 Å². The van der Waals surface area contributed by atoms with Gasteiger partial charge in [-0.15, -0.1) is 0 Å². The van der Waals surface area contributed by atoms with Gasteiger partial charge in [0.1, 0.15) is 5.78 Å². The Hall–Kier alpha value is -2.97. The van der Waals surface area contributed by atoms with Gasteiger partial charge in [-0.05, 0) is 51.5 Å². The second-order valence-electron chi connectivity index (χ2n) is 6.86. The van der Waals surface area contributed by atoms with Crippen LogP contribution in [0.15, 0.2) is 24.4 Å². The monoisotopic (exact) mass is 409 g/mol. The smallest absolute Gasteiger partial charge is 0.422 e. The molecule has 0 saturated carbocycles. The summed E-state index contributed by atoms with van der Waals surface area (Å²) in [6.45, 7) is 5.07. The van der Waals surface area contributed by atoms with E-state index < -0.39 is 18.8 Å². The number of halogens is 3. The third-order valence-corrected chi connectivity index (χ3v) is 3.97. The van der Waals surface area contributed by atoms with Gasteiger partial charge in [0.25, 0.3) is 5.91 Å². The molecule has 2 aromatic rings. The second kappa shape index (κ2) is 9.02. The normalized spacial score (nSPS) is 12.4. The number of hydrogen-bond donors (Lipinski definition) is 1. The number of carbonyl (C=O) groups is 2. The van der Waals surface area contributed by atoms with Crippen LogP contribution < -0.4 is 10.1 Å². The van der Waals surface area contributed by atoms with Crippen LogP contribution in [0.3, 0.4) is 0 Å². The lowest BCUT2D eigenvalue weighted by atomic mass is 10.1. The summed E-state index contributed by atoms with van der Waals surface area (Å²) in [5.41, 5.74) is 2.54. The van der Waals surface area contributed by atoms with Gasteiger partial charge in [0.2, 0.25) is 5.88 Å². The molecule has 1 atom stereocenters. The molecule has 0 spiro atoms. The fourth-order valence-corrected chi connectivity index (χ4v) is 2.70. The molecule has 0 aliphatic carbocycles.